The Morgan fingerprint density at radius 1 is 1.08 bits per heavy atom. The third kappa shape index (κ3) is 4.92. The van der Waals surface area contributed by atoms with E-state index in [0.29, 0.717) is 25.4 Å². The molecule has 7 heteroatoms. The van der Waals surface area contributed by atoms with E-state index in [4.69, 9.17) is 4.42 Å². The molecule has 0 atom stereocenters. The van der Waals surface area contributed by atoms with Gasteiger partial charge in [0.2, 0.25) is 5.91 Å². The fraction of sp³-hybridized carbons (Fsp3) is 0.368. The van der Waals surface area contributed by atoms with Gasteiger partial charge in [-0.15, -0.1) is 0 Å². The minimum Gasteiger partial charge on any atom is -0.459 e. The molecular weight excluding hydrogens is 337 g/mol. The Bertz CT molecular complexity index is 723. The van der Waals surface area contributed by atoms with Crippen LogP contribution in [0.3, 0.4) is 0 Å². The maximum atomic E-state index is 12.9. The first-order valence-electron chi connectivity index (χ1n) is 8.68. The van der Waals surface area contributed by atoms with Crippen molar-refractivity contribution in [1.82, 2.24) is 15.1 Å². The van der Waals surface area contributed by atoms with Crippen LogP contribution in [0.15, 0.2) is 47.1 Å². The quantitative estimate of drug-likeness (QED) is 0.850. The number of nitrogens with one attached hydrogen (secondary N) is 1. The predicted octanol–water partition coefficient (Wildman–Crippen LogP) is 1.54. The molecule has 26 heavy (non-hydrogen) atoms. The standard InChI is InChI=1S/C19H22FN3O3/c20-16-5-3-15(4-6-16)14-18(24)21-7-8-22-9-11-23(12-10-22)19(25)17-2-1-13-26-17/h1-6,13H,7-12,14H2,(H,21,24). The molecule has 1 saturated heterocycles. The summed E-state index contributed by atoms with van der Waals surface area (Å²) >= 11 is 0. The van der Waals surface area contributed by atoms with Crippen LogP contribution in [0.25, 0.3) is 0 Å². The summed E-state index contributed by atoms with van der Waals surface area (Å²) in [4.78, 5) is 28.1. The summed E-state index contributed by atoms with van der Waals surface area (Å²) in [5.74, 6) is -0.101. The third-order valence-electron chi connectivity index (χ3n) is 4.42. The molecule has 3 rings (SSSR count). The van der Waals surface area contributed by atoms with Crippen molar-refractivity contribution in [3.8, 4) is 0 Å². The van der Waals surface area contributed by atoms with Gasteiger partial charge in [0, 0.05) is 39.3 Å². The van der Waals surface area contributed by atoms with E-state index < -0.39 is 0 Å². The fourth-order valence-electron chi connectivity index (χ4n) is 2.93. The average Bonchev–Trinajstić information content (AvgIpc) is 3.18. The molecule has 1 fully saturated rings. The minimum atomic E-state index is -0.307. The molecule has 1 aromatic heterocycles. The molecule has 6 nitrogen and oxygen atoms in total. The van der Waals surface area contributed by atoms with E-state index in [1.54, 1.807) is 29.2 Å². The molecule has 138 valence electrons. The van der Waals surface area contributed by atoms with Crippen LogP contribution in [-0.4, -0.2) is 60.9 Å². The lowest BCUT2D eigenvalue weighted by Gasteiger charge is -2.34. The molecule has 1 aliphatic rings. The normalized spacial score (nSPS) is 15.0. The molecule has 0 bridgehead atoms. The first-order valence-corrected chi connectivity index (χ1v) is 8.68. The minimum absolute atomic E-state index is 0.0803. The maximum Gasteiger partial charge on any atom is 0.289 e. The van der Waals surface area contributed by atoms with Crippen LogP contribution in [0.5, 0.6) is 0 Å². The summed E-state index contributed by atoms with van der Waals surface area (Å²) in [6, 6.07) is 9.32. The molecule has 0 saturated carbocycles. The van der Waals surface area contributed by atoms with Crippen molar-refractivity contribution in [2.24, 2.45) is 0 Å². The van der Waals surface area contributed by atoms with Gasteiger partial charge in [0.05, 0.1) is 12.7 Å². The number of benzene rings is 1. The molecule has 0 spiro atoms. The Morgan fingerprint density at radius 3 is 2.46 bits per heavy atom. The number of furan rings is 1. The molecule has 2 heterocycles. The van der Waals surface area contributed by atoms with Crippen LogP contribution in [-0.2, 0) is 11.2 Å². The molecule has 1 N–H and O–H groups in total. The van der Waals surface area contributed by atoms with Gasteiger partial charge in [-0.2, -0.15) is 0 Å². The van der Waals surface area contributed by atoms with E-state index >= 15 is 0 Å². The van der Waals surface area contributed by atoms with Crippen molar-refractivity contribution in [2.45, 2.75) is 6.42 Å². The lowest BCUT2D eigenvalue weighted by Crippen LogP contribution is -2.50. The average molecular weight is 359 g/mol. The van der Waals surface area contributed by atoms with Crippen LogP contribution in [0.2, 0.25) is 0 Å². The van der Waals surface area contributed by atoms with Crippen molar-refractivity contribution in [3.63, 3.8) is 0 Å². The number of carbonyl (C=O) groups is 2. The summed E-state index contributed by atoms with van der Waals surface area (Å²) in [6.07, 6.45) is 1.74. The predicted molar refractivity (Wildman–Crippen MR) is 94.2 cm³/mol. The molecule has 2 amide bonds. The highest BCUT2D eigenvalue weighted by Gasteiger charge is 2.23. The second kappa shape index (κ2) is 8.62. The number of hydrogen-bond donors (Lipinski definition) is 1. The molecule has 0 radical (unpaired) electrons. The van der Waals surface area contributed by atoms with E-state index in [1.807, 2.05) is 0 Å². The van der Waals surface area contributed by atoms with Crippen LogP contribution >= 0.6 is 0 Å². The van der Waals surface area contributed by atoms with Crippen molar-refractivity contribution >= 4 is 11.8 Å². The second-order valence-corrected chi connectivity index (χ2v) is 6.26. The Hall–Kier alpha value is -2.67. The summed E-state index contributed by atoms with van der Waals surface area (Å²) < 4.78 is 18.0. The number of amides is 2. The fourth-order valence-corrected chi connectivity index (χ4v) is 2.93. The van der Waals surface area contributed by atoms with Gasteiger partial charge in [-0.3, -0.25) is 14.5 Å². The van der Waals surface area contributed by atoms with Gasteiger partial charge in [0.1, 0.15) is 5.82 Å². The summed E-state index contributed by atoms with van der Waals surface area (Å²) in [5.41, 5.74) is 0.786. The van der Waals surface area contributed by atoms with Crippen LogP contribution in [0, 0.1) is 5.82 Å². The van der Waals surface area contributed by atoms with Crippen molar-refractivity contribution in [2.75, 3.05) is 39.3 Å². The van der Waals surface area contributed by atoms with Gasteiger partial charge in [-0.25, -0.2) is 4.39 Å². The van der Waals surface area contributed by atoms with Crippen molar-refractivity contribution in [1.29, 1.82) is 0 Å². The summed E-state index contributed by atoms with van der Waals surface area (Å²) in [7, 11) is 0. The van der Waals surface area contributed by atoms with Gasteiger partial charge >= 0.3 is 0 Å². The highest BCUT2D eigenvalue weighted by molar-refractivity contribution is 5.91. The Morgan fingerprint density at radius 2 is 1.81 bits per heavy atom. The molecule has 1 aromatic carbocycles. The molecule has 1 aliphatic heterocycles. The zero-order chi connectivity index (χ0) is 18.4. The molecular formula is C19H22FN3O3. The van der Waals surface area contributed by atoms with Crippen LogP contribution in [0.1, 0.15) is 16.1 Å². The van der Waals surface area contributed by atoms with Crippen LogP contribution < -0.4 is 5.32 Å². The number of piperazine rings is 1. The van der Waals surface area contributed by atoms with Crippen LogP contribution in [0.4, 0.5) is 4.39 Å². The largest absolute Gasteiger partial charge is 0.459 e. The van der Waals surface area contributed by atoms with Gasteiger partial charge in [-0.1, -0.05) is 12.1 Å². The molecule has 0 unspecified atom stereocenters. The highest BCUT2D eigenvalue weighted by atomic mass is 19.1. The third-order valence-corrected chi connectivity index (χ3v) is 4.42. The highest BCUT2D eigenvalue weighted by Crippen LogP contribution is 2.09. The van der Waals surface area contributed by atoms with Gasteiger partial charge in [-0.05, 0) is 29.8 Å². The number of rotatable bonds is 6. The van der Waals surface area contributed by atoms with E-state index in [0.717, 1.165) is 25.2 Å². The number of carbonyl (C=O) groups excluding carboxylic acids is 2. The zero-order valence-corrected chi connectivity index (χ0v) is 14.5. The first-order chi connectivity index (χ1) is 12.6. The molecule has 2 aromatic rings. The lowest BCUT2D eigenvalue weighted by molar-refractivity contribution is -0.120. The number of nitrogens with zero attached hydrogens (tertiary/aromatic N) is 2. The SMILES string of the molecule is O=C(Cc1ccc(F)cc1)NCCN1CCN(C(=O)c2ccco2)CC1. The van der Waals surface area contributed by atoms with E-state index in [2.05, 4.69) is 10.2 Å². The van der Waals surface area contributed by atoms with E-state index in [1.165, 1.54) is 18.4 Å². The van der Waals surface area contributed by atoms with Crippen molar-refractivity contribution < 1.29 is 18.4 Å². The van der Waals surface area contributed by atoms with Gasteiger partial charge < -0.3 is 14.6 Å². The van der Waals surface area contributed by atoms with E-state index in [9.17, 15) is 14.0 Å². The topological polar surface area (TPSA) is 65.8 Å². The number of halogens is 1. The monoisotopic (exact) mass is 359 g/mol. The number of hydrogen-bond acceptors (Lipinski definition) is 4. The summed E-state index contributed by atoms with van der Waals surface area (Å²) in [5, 5.41) is 2.88. The Labute approximate surface area is 151 Å². The van der Waals surface area contributed by atoms with Gasteiger partial charge in [0.15, 0.2) is 5.76 Å². The second-order valence-electron chi connectivity index (χ2n) is 6.26. The zero-order valence-electron chi connectivity index (χ0n) is 14.5. The Balaban J connectivity index is 1.34. The maximum absolute atomic E-state index is 12.9. The first kappa shape index (κ1) is 18.1. The van der Waals surface area contributed by atoms with Gasteiger partial charge in [0.25, 0.3) is 5.91 Å². The molecule has 0 aliphatic carbocycles. The summed E-state index contributed by atoms with van der Waals surface area (Å²) in [6.45, 7) is 4.09. The van der Waals surface area contributed by atoms with E-state index in [-0.39, 0.29) is 24.1 Å². The smallest absolute Gasteiger partial charge is 0.289 e. The lowest BCUT2D eigenvalue weighted by atomic mass is 10.1. The Kier molecular flexibility index (Phi) is 6.01. The van der Waals surface area contributed by atoms with Crippen molar-refractivity contribution in [3.05, 3.63) is 59.8 Å².